The van der Waals surface area contributed by atoms with Crippen molar-refractivity contribution in [2.45, 2.75) is 43.5 Å². The number of benzene rings is 1. The van der Waals surface area contributed by atoms with Gasteiger partial charge in [0.2, 0.25) is 0 Å². The maximum Gasteiger partial charge on any atom is 0.0727 e. The van der Waals surface area contributed by atoms with Crippen LogP contribution in [0.5, 0.6) is 0 Å². The molecule has 0 amide bonds. The smallest absolute Gasteiger partial charge is 0.0727 e. The van der Waals surface area contributed by atoms with Gasteiger partial charge >= 0.3 is 0 Å². The number of thioether (sulfide) groups is 1. The Balaban J connectivity index is 1.85. The molecule has 1 N–H and O–H groups in total. The molecule has 108 valence electrons. The van der Waals surface area contributed by atoms with Gasteiger partial charge in [0, 0.05) is 36.0 Å². The zero-order chi connectivity index (χ0) is 14.6. The van der Waals surface area contributed by atoms with Crippen molar-refractivity contribution in [1.82, 2.24) is 15.1 Å². The van der Waals surface area contributed by atoms with E-state index >= 15 is 0 Å². The molecule has 0 aliphatic rings. The number of hydrogen-bond donors (Lipinski definition) is 1. The van der Waals surface area contributed by atoms with E-state index in [-0.39, 0.29) is 5.54 Å². The van der Waals surface area contributed by atoms with E-state index in [0.29, 0.717) is 0 Å². The Labute approximate surface area is 125 Å². The molecule has 0 saturated carbocycles. The fraction of sp³-hybridized carbons (Fsp3) is 0.438. The van der Waals surface area contributed by atoms with Crippen molar-refractivity contribution in [2.75, 3.05) is 0 Å². The number of rotatable bonds is 5. The van der Waals surface area contributed by atoms with Crippen molar-refractivity contribution in [2.24, 2.45) is 7.05 Å². The Kier molecular flexibility index (Phi) is 4.89. The van der Waals surface area contributed by atoms with Crippen molar-refractivity contribution in [3.8, 4) is 0 Å². The second-order valence-electron chi connectivity index (χ2n) is 6.02. The lowest BCUT2D eigenvalue weighted by atomic mass is 10.1. The van der Waals surface area contributed by atoms with E-state index < -0.39 is 0 Å². The van der Waals surface area contributed by atoms with Crippen LogP contribution in [-0.2, 0) is 19.3 Å². The lowest BCUT2D eigenvalue weighted by Gasteiger charge is -2.20. The largest absolute Gasteiger partial charge is 0.308 e. The standard InChI is InChI=1S/C16H23N3S/c1-16(2,3)17-11-13-5-7-15(8-6-13)20-12-14-9-10-19(4)18-14/h5-10,17H,11-12H2,1-4H3. The van der Waals surface area contributed by atoms with E-state index in [4.69, 9.17) is 0 Å². The summed E-state index contributed by atoms with van der Waals surface area (Å²) >= 11 is 1.82. The molecule has 1 aromatic heterocycles. The minimum Gasteiger partial charge on any atom is -0.308 e. The van der Waals surface area contributed by atoms with Gasteiger partial charge in [-0.05, 0) is 44.5 Å². The molecule has 0 spiro atoms. The minimum atomic E-state index is 0.159. The lowest BCUT2D eigenvalue weighted by molar-refractivity contribution is 0.424. The number of nitrogens with zero attached hydrogens (tertiary/aromatic N) is 2. The first kappa shape index (κ1) is 15.1. The summed E-state index contributed by atoms with van der Waals surface area (Å²) in [6.45, 7) is 7.47. The average Bonchev–Trinajstić information content (AvgIpc) is 2.80. The van der Waals surface area contributed by atoms with Crippen molar-refractivity contribution >= 4 is 11.8 Å². The van der Waals surface area contributed by atoms with Crippen LogP contribution in [0.1, 0.15) is 32.0 Å². The fourth-order valence-electron chi connectivity index (χ4n) is 1.77. The zero-order valence-corrected chi connectivity index (χ0v) is 13.5. The van der Waals surface area contributed by atoms with Crippen molar-refractivity contribution in [1.29, 1.82) is 0 Å². The monoisotopic (exact) mass is 289 g/mol. The Morgan fingerprint density at radius 3 is 2.40 bits per heavy atom. The molecule has 0 atom stereocenters. The summed E-state index contributed by atoms with van der Waals surface area (Å²) in [7, 11) is 1.95. The third-order valence-corrected chi connectivity index (χ3v) is 3.95. The van der Waals surface area contributed by atoms with Crippen molar-refractivity contribution in [3.05, 3.63) is 47.8 Å². The van der Waals surface area contributed by atoms with Crippen LogP contribution in [-0.4, -0.2) is 15.3 Å². The summed E-state index contributed by atoms with van der Waals surface area (Å²) in [5.41, 5.74) is 2.60. The van der Waals surface area contributed by atoms with Crippen LogP contribution in [0.4, 0.5) is 0 Å². The molecule has 4 heteroatoms. The Morgan fingerprint density at radius 2 is 1.85 bits per heavy atom. The molecule has 0 aliphatic heterocycles. The lowest BCUT2D eigenvalue weighted by Crippen LogP contribution is -2.35. The molecule has 0 aliphatic carbocycles. The van der Waals surface area contributed by atoms with Crippen LogP contribution in [0, 0.1) is 0 Å². The molecule has 1 aromatic carbocycles. The van der Waals surface area contributed by atoms with E-state index in [2.05, 4.69) is 61.5 Å². The highest BCUT2D eigenvalue weighted by Crippen LogP contribution is 2.22. The summed E-state index contributed by atoms with van der Waals surface area (Å²) < 4.78 is 1.84. The van der Waals surface area contributed by atoms with Crippen molar-refractivity contribution in [3.63, 3.8) is 0 Å². The van der Waals surface area contributed by atoms with Gasteiger partial charge in [-0.1, -0.05) is 12.1 Å². The molecular formula is C16H23N3S. The molecule has 2 aromatic rings. The number of aromatic nitrogens is 2. The molecule has 1 heterocycles. The van der Waals surface area contributed by atoms with Gasteiger partial charge in [-0.25, -0.2) is 0 Å². The number of hydrogen-bond acceptors (Lipinski definition) is 3. The van der Waals surface area contributed by atoms with Crippen LogP contribution < -0.4 is 5.32 Å². The quantitative estimate of drug-likeness (QED) is 0.853. The summed E-state index contributed by atoms with van der Waals surface area (Å²) in [5, 5.41) is 7.88. The van der Waals surface area contributed by atoms with Crippen LogP contribution in [0.2, 0.25) is 0 Å². The predicted octanol–water partition coefficient (Wildman–Crippen LogP) is 3.60. The van der Waals surface area contributed by atoms with Crippen molar-refractivity contribution < 1.29 is 0 Å². The van der Waals surface area contributed by atoms with E-state index in [1.165, 1.54) is 10.5 Å². The molecule has 3 nitrogen and oxygen atoms in total. The Bertz CT molecular complexity index is 538. The predicted molar refractivity (Wildman–Crippen MR) is 85.8 cm³/mol. The van der Waals surface area contributed by atoms with Crippen LogP contribution in [0.15, 0.2) is 41.4 Å². The fourth-order valence-corrected chi connectivity index (χ4v) is 2.57. The maximum atomic E-state index is 4.39. The number of nitrogens with one attached hydrogen (secondary N) is 1. The summed E-state index contributed by atoms with van der Waals surface area (Å²) in [4.78, 5) is 1.29. The van der Waals surface area contributed by atoms with Crippen LogP contribution in [0.3, 0.4) is 0 Å². The highest BCUT2D eigenvalue weighted by Gasteiger charge is 2.08. The SMILES string of the molecule is Cn1ccc(CSc2ccc(CNC(C)(C)C)cc2)n1. The molecule has 0 fully saturated rings. The number of aryl methyl sites for hydroxylation is 1. The van der Waals surface area contributed by atoms with Crippen LogP contribution in [0.25, 0.3) is 0 Å². The molecular weight excluding hydrogens is 266 g/mol. The van der Waals surface area contributed by atoms with Gasteiger partial charge in [-0.3, -0.25) is 4.68 Å². The molecule has 0 unspecified atom stereocenters. The Morgan fingerprint density at radius 1 is 1.15 bits per heavy atom. The molecule has 20 heavy (non-hydrogen) atoms. The topological polar surface area (TPSA) is 29.9 Å². The first-order valence-electron chi connectivity index (χ1n) is 6.88. The van der Waals surface area contributed by atoms with E-state index in [1.807, 2.05) is 29.7 Å². The second kappa shape index (κ2) is 6.46. The molecule has 2 rings (SSSR count). The van der Waals surface area contributed by atoms with E-state index in [9.17, 15) is 0 Å². The summed E-state index contributed by atoms with van der Waals surface area (Å²) in [5.74, 6) is 0.917. The average molecular weight is 289 g/mol. The molecule has 0 bridgehead atoms. The van der Waals surface area contributed by atoms with Gasteiger partial charge in [0.05, 0.1) is 5.69 Å². The highest BCUT2D eigenvalue weighted by atomic mass is 32.2. The molecule has 0 radical (unpaired) electrons. The third-order valence-electron chi connectivity index (χ3n) is 2.90. The van der Waals surface area contributed by atoms with Gasteiger partial charge < -0.3 is 5.32 Å². The van der Waals surface area contributed by atoms with Gasteiger partial charge in [-0.15, -0.1) is 11.8 Å². The van der Waals surface area contributed by atoms with Crippen LogP contribution >= 0.6 is 11.8 Å². The molecule has 0 saturated heterocycles. The first-order chi connectivity index (χ1) is 9.42. The summed E-state index contributed by atoms with van der Waals surface area (Å²) in [6.07, 6.45) is 1.98. The van der Waals surface area contributed by atoms with Gasteiger partial charge in [0.15, 0.2) is 0 Å². The normalized spacial score (nSPS) is 11.8. The Hall–Kier alpha value is -1.26. The third kappa shape index (κ3) is 5.02. The zero-order valence-electron chi connectivity index (χ0n) is 12.7. The minimum absolute atomic E-state index is 0.159. The van der Waals surface area contributed by atoms with E-state index in [1.54, 1.807) is 0 Å². The first-order valence-corrected chi connectivity index (χ1v) is 7.86. The van der Waals surface area contributed by atoms with E-state index in [0.717, 1.165) is 18.0 Å². The van der Waals surface area contributed by atoms with Gasteiger partial charge in [0.1, 0.15) is 0 Å². The second-order valence-corrected chi connectivity index (χ2v) is 7.07. The highest BCUT2D eigenvalue weighted by molar-refractivity contribution is 7.98. The maximum absolute atomic E-state index is 4.39. The van der Waals surface area contributed by atoms with Gasteiger partial charge in [-0.2, -0.15) is 5.10 Å². The van der Waals surface area contributed by atoms with Gasteiger partial charge in [0.25, 0.3) is 0 Å². The summed E-state index contributed by atoms with van der Waals surface area (Å²) in [6, 6.07) is 10.8.